The lowest BCUT2D eigenvalue weighted by Crippen LogP contribution is -1.89. The van der Waals surface area contributed by atoms with Crippen molar-refractivity contribution in [3.05, 3.63) is 30.2 Å². The van der Waals surface area contributed by atoms with E-state index in [4.69, 9.17) is 0 Å². The lowest BCUT2D eigenvalue weighted by Gasteiger charge is -2.06. The van der Waals surface area contributed by atoms with Gasteiger partial charge >= 0.3 is 0 Å². The maximum absolute atomic E-state index is 3.72. The molecule has 1 radical (unpaired) electrons. The molecule has 0 saturated heterocycles. The Bertz CT molecular complexity index is 138. The molecule has 0 nitrogen and oxygen atoms in total. The molecular formula is C12H21. The van der Waals surface area contributed by atoms with Crippen molar-refractivity contribution >= 4 is 0 Å². The van der Waals surface area contributed by atoms with E-state index in [2.05, 4.69) is 33.4 Å². The summed E-state index contributed by atoms with van der Waals surface area (Å²) in [6.07, 6.45) is 9.06. The van der Waals surface area contributed by atoms with Crippen LogP contribution in [-0.2, 0) is 0 Å². The van der Waals surface area contributed by atoms with E-state index < -0.39 is 0 Å². The lowest BCUT2D eigenvalue weighted by atomic mass is 9.99. The highest BCUT2D eigenvalue weighted by molar-refractivity contribution is 4.96. The minimum Gasteiger partial charge on any atom is -0.103 e. The largest absolute Gasteiger partial charge is 0.103 e. The zero-order chi connectivity index (χ0) is 9.40. The molecule has 0 aromatic carbocycles. The monoisotopic (exact) mass is 165 g/mol. The van der Waals surface area contributed by atoms with Crippen molar-refractivity contribution in [3.63, 3.8) is 0 Å². The summed E-state index contributed by atoms with van der Waals surface area (Å²) < 4.78 is 0. The average molecular weight is 165 g/mol. The van der Waals surface area contributed by atoms with Crippen LogP contribution in [0, 0.1) is 5.92 Å². The second-order valence-electron chi connectivity index (χ2n) is 3.60. The van der Waals surface area contributed by atoms with Crippen molar-refractivity contribution in [2.45, 2.75) is 46.5 Å². The molecular weight excluding hydrogens is 144 g/mol. The third kappa shape index (κ3) is 7.59. The van der Waals surface area contributed by atoms with Gasteiger partial charge in [-0.15, -0.1) is 6.58 Å². The third-order valence-corrected chi connectivity index (χ3v) is 1.90. The Labute approximate surface area is 77.4 Å². The maximum Gasteiger partial charge on any atom is -0.0266 e. The van der Waals surface area contributed by atoms with E-state index in [1.54, 1.807) is 5.92 Å². The molecule has 0 heterocycles. The van der Waals surface area contributed by atoms with Gasteiger partial charge in [-0.2, -0.15) is 0 Å². The number of allylic oxidation sites excluding steroid dienone is 3. The second kappa shape index (κ2) is 7.15. The molecule has 0 saturated carbocycles. The van der Waals surface area contributed by atoms with Gasteiger partial charge in [0.15, 0.2) is 0 Å². The Balaban J connectivity index is 3.37. The average Bonchev–Trinajstić information content (AvgIpc) is 2.00. The van der Waals surface area contributed by atoms with E-state index in [0.29, 0.717) is 0 Å². The van der Waals surface area contributed by atoms with Crippen LogP contribution in [-0.4, -0.2) is 0 Å². The van der Waals surface area contributed by atoms with Crippen molar-refractivity contribution in [3.8, 4) is 0 Å². The zero-order valence-electron chi connectivity index (χ0n) is 8.69. The van der Waals surface area contributed by atoms with Crippen molar-refractivity contribution in [2.75, 3.05) is 0 Å². The summed E-state index contributed by atoms with van der Waals surface area (Å²) in [7, 11) is 0. The maximum atomic E-state index is 3.72. The molecule has 69 valence electrons. The first-order chi connectivity index (χ1) is 5.66. The number of hydrogen-bond acceptors (Lipinski definition) is 0. The second-order valence-corrected chi connectivity index (χ2v) is 3.60. The fourth-order valence-corrected chi connectivity index (χ4v) is 1.08. The molecule has 0 rings (SSSR count). The molecule has 0 amide bonds. The van der Waals surface area contributed by atoms with Gasteiger partial charge in [-0.1, -0.05) is 24.6 Å². The quantitative estimate of drug-likeness (QED) is 0.515. The van der Waals surface area contributed by atoms with Crippen LogP contribution < -0.4 is 0 Å². The molecule has 0 atom stereocenters. The van der Waals surface area contributed by atoms with E-state index in [1.807, 2.05) is 6.08 Å². The molecule has 0 aromatic rings. The Morgan fingerprint density at radius 3 is 2.17 bits per heavy atom. The van der Waals surface area contributed by atoms with Crippen LogP contribution >= 0.6 is 0 Å². The molecule has 0 aliphatic rings. The highest BCUT2D eigenvalue weighted by atomic mass is 14.0. The van der Waals surface area contributed by atoms with Crippen molar-refractivity contribution in [1.82, 2.24) is 0 Å². The van der Waals surface area contributed by atoms with Gasteiger partial charge in [0.2, 0.25) is 0 Å². The van der Waals surface area contributed by atoms with E-state index in [1.165, 1.54) is 24.8 Å². The lowest BCUT2D eigenvalue weighted by molar-refractivity contribution is 0.740. The number of rotatable bonds is 6. The van der Waals surface area contributed by atoms with Gasteiger partial charge in [-0.3, -0.25) is 0 Å². The van der Waals surface area contributed by atoms with Gasteiger partial charge < -0.3 is 0 Å². The van der Waals surface area contributed by atoms with Crippen LogP contribution in [0.3, 0.4) is 0 Å². The molecule has 0 fully saturated rings. The normalized spacial score (nSPS) is 10.0. The van der Waals surface area contributed by atoms with Gasteiger partial charge in [0.05, 0.1) is 0 Å². The minimum absolute atomic E-state index is 1.13. The molecule has 0 aromatic heterocycles. The predicted octanol–water partition coefficient (Wildman–Crippen LogP) is 4.29. The molecule has 0 unspecified atom stereocenters. The first kappa shape index (κ1) is 11.5. The fraction of sp³-hybridized carbons (Fsp3) is 0.583. The van der Waals surface area contributed by atoms with Crippen LogP contribution in [0.5, 0.6) is 0 Å². The van der Waals surface area contributed by atoms with Crippen LogP contribution in [0.2, 0.25) is 0 Å². The third-order valence-electron chi connectivity index (χ3n) is 1.90. The van der Waals surface area contributed by atoms with Crippen molar-refractivity contribution in [2.24, 2.45) is 0 Å². The fourth-order valence-electron chi connectivity index (χ4n) is 1.08. The number of hydrogen-bond donors (Lipinski definition) is 0. The first-order valence-electron chi connectivity index (χ1n) is 4.72. The van der Waals surface area contributed by atoms with E-state index in [0.717, 1.165) is 6.42 Å². The molecule has 12 heavy (non-hydrogen) atoms. The van der Waals surface area contributed by atoms with Gasteiger partial charge in [-0.25, -0.2) is 0 Å². The summed E-state index contributed by atoms with van der Waals surface area (Å²) >= 11 is 0. The predicted molar refractivity (Wildman–Crippen MR) is 57.0 cm³/mol. The molecule has 0 aliphatic carbocycles. The highest BCUT2D eigenvalue weighted by Crippen LogP contribution is 2.15. The van der Waals surface area contributed by atoms with Crippen LogP contribution in [0.1, 0.15) is 46.5 Å². The van der Waals surface area contributed by atoms with E-state index >= 15 is 0 Å². The van der Waals surface area contributed by atoms with E-state index in [9.17, 15) is 0 Å². The summed E-state index contributed by atoms with van der Waals surface area (Å²) in [4.78, 5) is 0. The summed E-state index contributed by atoms with van der Waals surface area (Å²) in [6.45, 7) is 10.3. The SMILES string of the molecule is C=CCC[C](C)CCC=C(C)C. The van der Waals surface area contributed by atoms with Crippen molar-refractivity contribution in [1.29, 1.82) is 0 Å². The van der Waals surface area contributed by atoms with Gasteiger partial charge in [-0.05, 0) is 45.4 Å². The smallest absolute Gasteiger partial charge is 0.0266 e. The molecule has 0 aliphatic heterocycles. The minimum atomic E-state index is 1.13. The Kier molecular flexibility index (Phi) is 6.84. The van der Waals surface area contributed by atoms with Gasteiger partial charge in [0.25, 0.3) is 0 Å². The first-order valence-corrected chi connectivity index (χ1v) is 4.72. The Hall–Kier alpha value is -0.520. The highest BCUT2D eigenvalue weighted by Gasteiger charge is 1.98. The van der Waals surface area contributed by atoms with E-state index in [-0.39, 0.29) is 0 Å². The van der Waals surface area contributed by atoms with Crippen LogP contribution in [0.25, 0.3) is 0 Å². The molecule has 0 N–H and O–H groups in total. The van der Waals surface area contributed by atoms with Crippen LogP contribution in [0.4, 0.5) is 0 Å². The Morgan fingerprint density at radius 2 is 1.67 bits per heavy atom. The van der Waals surface area contributed by atoms with Gasteiger partial charge in [0.1, 0.15) is 0 Å². The summed E-state index contributed by atoms with van der Waals surface area (Å²) in [5.74, 6) is 1.59. The van der Waals surface area contributed by atoms with Crippen LogP contribution in [0.15, 0.2) is 24.3 Å². The van der Waals surface area contributed by atoms with Gasteiger partial charge in [0, 0.05) is 0 Å². The summed E-state index contributed by atoms with van der Waals surface area (Å²) in [5, 5.41) is 0. The molecule has 0 heteroatoms. The molecule has 0 bridgehead atoms. The Morgan fingerprint density at radius 1 is 1.08 bits per heavy atom. The summed E-state index contributed by atoms with van der Waals surface area (Å²) in [6, 6.07) is 0. The topological polar surface area (TPSA) is 0 Å². The zero-order valence-corrected chi connectivity index (χ0v) is 8.69. The summed E-state index contributed by atoms with van der Waals surface area (Å²) in [5.41, 5.74) is 1.42. The standard InChI is InChI=1S/C12H21/c1-5-6-9-12(4)10-7-8-11(2)3/h5,8H,1,6-7,9-10H2,2-4H3. The molecule has 0 spiro atoms. The van der Waals surface area contributed by atoms with Crippen molar-refractivity contribution < 1.29 is 0 Å².